The zero-order chi connectivity index (χ0) is 20.0. The number of aromatic nitrogens is 3. The average Bonchev–Trinajstić information content (AvgIpc) is 3.37. The largest absolute Gasteiger partial charge is 0.337 e. The van der Waals surface area contributed by atoms with E-state index in [1.807, 2.05) is 36.4 Å². The summed E-state index contributed by atoms with van der Waals surface area (Å²) < 4.78 is 1.62. The molecule has 9 heteroatoms. The molecule has 0 bridgehead atoms. The van der Waals surface area contributed by atoms with Gasteiger partial charge in [-0.25, -0.2) is 14.3 Å². The first-order valence-electron chi connectivity index (χ1n) is 9.39. The van der Waals surface area contributed by atoms with Gasteiger partial charge >= 0.3 is 6.03 Å². The minimum absolute atomic E-state index is 0.00612. The minimum Gasteiger partial charge on any atom is -0.337 e. The summed E-state index contributed by atoms with van der Waals surface area (Å²) in [6.07, 6.45) is 4.06. The fraction of sp³-hybridized carbons (Fsp3) is 0.250. The van der Waals surface area contributed by atoms with E-state index in [-0.39, 0.29) is 30.2 Å². The lowest BCUT2D eigenvalue weighted by Crippen LogP contribution is -2.51. The van der Waals surface area contributed by atoms with E-state index < -0.39 is 11.9 Å². The number of fused-ring (bicyclic) bond motifs is 1. The van der Waals surface area contributed by atoms with E-state index >= 15 is 0 Å². The van der Waals surface area contributed by atoms with Crippen LogP contribution < -0.4 is 16.0 Å². The van der Waals surface area contributed by atoms with Gasteiger partial charge in [0.1, 0.15) is 0 Å². The van der Waals surface area contributed by atoms with Crippen LogP contribution in [-0.2, 0) is 9.59 Å². The van der Waals surface area contributed by atoms with Crippen LogP contribution in [0.3, 0.4) is 0 Å². The Labute approximate surface area is 165 Å². The standard InChI is InChI=1S/C20H18N6O3/c27-18(23-11-4-2-1-3-5-11)14-8-12(14)13-9-16(25-26-7-6-21-17(13)26)15-10-22-20(29)24-19(15)28/h1-7,9,12,14-15H,8,10H2,(H,23,27)(H2,22,24,28,29)/t12-,14+,15?/m1/s1. The second-order valence-electron chi connectivity index (χ2n) is 7.28. The summed E-state index contributed by atoms with van der Waals surface area (Å²) in [5.74, 6) is -1.17. The third-order valence-corrected chi connectivity index (χ3v) is 5.35. The van der Waals surface area contributed by atoms with Crippen molar-refractivity contribution >= 4 is 29.2 Å². The smallest absolute Gasteiger partial charge is 0.321 e. The van der Waals surface area contributed by atoms with Gasteiger partial charge in [0, 0.05) is 42.0 Å². The molecule has 0 radical (unpaired) electrons. The lowest BCUT2D eigenvalue weighted by atomic mass is 10.00. The third kappa shape index (κ3) is 3.20. The van der Waals surface area contributed by atoms with Crippen molar-refractivity contribution in [2.45, 2.75) is 18.3 Å². The molecule has 2 aromatic heterocycles. The zero-order valence-corrected chi connectivity index (χ0v) is 15.3. The molecule has 2 fully saturated rings. The molecular formula is C20H18N6O3. The first-order chi connectivity index (χ1) is 14.1. The van der Waals surface area contributed by atoms with Crippen LogP contribution in [0.2, 0.25) is 0 Å². The van der Waals surface area contributed by atoms with Gasteiger partial charge in [-0.3, -0.25) is 14.9 Å². The summed E-state index contributed by atoms with van der Waals surface area (Å²) in [5, 5.41) is 12.3. The molecule has 29 heavy (non-hydrogen) atoms. The average molecular weight is 390 g/mol. The number of imidazole rings is 1. The Kier molecular flexibility index (Phi) is 4.01. The summed E-state index contributed by atoms with van der Waals surface area (Å²) in [6.45, 7) is 0.180. The van der Waals surface area contributed by atoms with E-state index in [1.165, 1.54) is 0 Å². The summed E-state index contributed by atoms with van der Waals surface area (Å²) in [6, 6.07) is 10.7. The van der Waals surface area contributed by atoms with Gasteiger partial charge in [-0.05, 0) is 24.6 Å². The number of anilines is 1. The number of amides is 4. The molecule has 0 spiro atoms. The molecule has 146 valence electrons. The van der Waals surface area contributed by atoms with Crippen LogP contribution in [0.25, 0.3) is 5.65 Å². The summed E-state index contributed by atoms with van der Waals surface area (Å²) in [4.78, 5) is 40.6. The number of nitrogens with one attached hydrogen (secondary N) is 3. The highest BCUT2D eigenvalue weighted by Crippen LogP contribution is 2.49. The Bertz CT molecular complexity index is 1130. The van der Waals surface area contributed by atoms with E-state index in [1.54, 1.807) is 16.9 Å². The number of benzene rings is 1. The van der Waals surface area contributed by atoms with Crippen molar-refractivity contribution in [1.29, 1.82) is 0 Å². The second kappa shape index (κ2) is 6.69. The number of urea groups is 1. The number of imide groups is 1. The maximum Gasteiger partial charge on any atom is 0.321 e. The molecule has 1 saturated heterocycles. The first kappa shape index (κ1) is 17.4. The molecule has 9 nitrogen and oxygen atoms in total. The van der Waals surface area contributed by atoms with Gasteiger partial charge in [0.05, 0.1) is 11.6 Å². The summed E-state index contributed by atoms with van der Waals surface area (Å²) in [5.41, 5.74) is 2.86. The van der Waals surface area contributed by atoms with Gasteiger partial charge in [0.15, 0.2) is 5.65 Å². The van der Waals surface area contributed by atoms with Gasteiger partial charge in [0.2, 0.25) is 11.8 Å². The maximum atomic E-state index is 12.6. The molecule has 2 aliphatic rings. The number of para-hydroxylation sites is 1. The molecule has 3 atom stereocenters. The van der Waals surface area contributed by atoms with Crippen molar-refractivity contribution in [3.63, 3.8) is 0 Å². The first-order valence-corrected chi connectivity index (χ1v) is 9.39. The van der Waals surface area contributed by atoms with Crippen LogP contribution in [-0.4, -0.2) is 39.0 Å². The number of nitrogens with zero attached hydrogens (tertiary/aromatic N) is 3. The van der Waals surface area contributed by atoms with Crippen molar-refractivity contribution in [2.24, 2.45) is 5.92 Å². The van der Waals surface area contributed by atoms with Crippen molar-refractivity contribution < 1.29 is 14.4 Å². The summed E-state index contributed by atoms with van der Waals surface area (Å²) >= 11 is 0. The van der Waals surface area contributed by atoms with Crippen molar-refractivity contribution in [1.82, 2.24) is 25.2 Å². The highest BCUT2D eigenvalue weighted by molar-refractivity contribution is 6.00. The van der Waals surface area contributed by atoms with Gasteiger partial charge in [0.25, 0.3) is 0 Å². The quantitative estimate of drug-likeness (QED) is 0.622. The molecule has 1 saturated carbocycles. The van der Waals surface area contributed by atoms with Gasteiger partial charge in [-0.15, -0.1) is 0 Å². The highest BCUT2D eigenvalue weighted by atomic mass is 16.2. The fourth-order valence-electron chi connectivity index (χ4n) is 3.76. The van der Waals surface area contributed by atoms with Gasteiger partial charge in [-0.1, -0.05) is 18.2 Å². The number of carbonyl (C=O) groups is 3. The van der Waals surface area contributed by atoms with E-state index in [4.69, 9.17) is 0 Å². The SMILES string of the molecule is O=C1NCC(c2cc([C@H]3C[C@@H]3C(=O)Nc3ccccc3)c3nccn3n2)C(=O)N1. The van der Waals surface area contributed by atoms with E-state index in [2.05, 4.69) is 26.0 Å². The maximum absolute atomic E-state index is 12.6. The number of carbonyl (C=O) groups excluding carboxylic acids is 3. The van der Waals surface area contributed by atoms with Crippen molar-refractivity contribution in [3.05, 3.63) is 60.0 Å². The van der Waals surface area contributed by atoms with E-state index in [0.717, 1.165) is 11.3 Å². The predicted molar refractivity (Wildman–Crippen MR) is 103 cm³/mol. The molecule has 3 N–H and O–H groups in total. The Hall–Kier alpha value is -3.75. The van der Waals surface area contributed by atoms with Crippen LogP contribution in [0.5, 0.6) is 0 Å². The van der Waals surface area contributed by atoms with E-state index in [9.17, 15) is 14.4 Å². The molecule has 3 heterocycles. The lowest BCUT2D eigenvalue weighted by Gasteiger charge is -2.22. The van der Waals surface area contributed by atoms with Crippen molar-refractivity contribution in [2.75, 3.05) is 11.9 Å². The Morgan fingerprint density at radius 3 is 2.83 bits per heavy atom. The monoisotopic (exact) mass is 390 g/mol. The normalized spacial score (nSPS) is 23.4. The highest BCUT2D eigenvalue weighted by Gasteiger charge is 2.46. The lowest BCUT2D eigenvalue weighted by molar-refractivity contribution is -0.122. The third-order valence-electron chi connectivity index (χ3n) is 5.35. The second-order valence-corrected chi connectivity index (χ2v) is 7.28. The number of hydrogen-bond acceptors (Lipinski definition) is 5. The van der Waals surface area contributed by atoms with Crippen LogP contribution in [0.15, 0.2) is 48.8 Å². The molecule has 4 amide bonds. The Balaban J connectivity index is 1.42. The van der Waals surface area contributed by atoms with E-state index in [0.29, 0.717) is 17.8 Å². The number of rotatable bonds is 4. The molecule has 1 aromatic carbocycles. The summed E-state index contributed by atoms with van der Waals surface area (Å²) in [7, 11) is 0. The van der Waals surface area contributed by atoms with Crippen LogP contribution in [0.4, 0.5) is 10.5 Å². The Morgan fingerprint density at radius 2 is 2.03 bits per heavy atom. The van der Waals surface area contributed by atoms with Gasteiger partial charge in [-0.2, -0.15) is 5.10 Å². The predicted octanol–water partition coefficient (Wildman–Crippen LogP) is 1.39. The zero-order valence-electron chi connectivity index (χ0n) is 15.3. The molecule has 5 rings (SSSR count). The van der Waals surface area contributed by atoms with Gasteiger partial charge < -0.3 is 10.6 Å². The van der Waals surface area contributed by atoms with Crippen molar-refractivity contribution in [3.8, 4) is 0 Å². The molecule has 3 aromatic rings. The topological polar surface area (TPSA) is 117 Å². The Morgan fingerprint density at radius 1 is 1.21 bits per heavy atom. The van der Waals surface area contributed by atoms with Crippen LogP contribution >= 0.6 is 0 Å². The molecular weight excluding hydrogens is 372 g/mol. The fourth-order valence-corrected chi connectivity index (χ4v) is 3.76. The van der Waals surface area contributed by atoms with Crippen LogP contribution in [0, 0.1) is 5.92 Å². The molecule has 1 aliphatic carbocycles. The molecule has 1 aliphatic heterocycles. The number of hydrogen-bond donors (Lipinski definition) is 3. The minimum atomic E-state index is -0.589. The molecule has 1 unspecified atom stereocenters. The van der Waals surface area contributed by atoms with Crippen LogP contribution in [0.1, 0.15) is 29.5 Å².